The van der Waals surface area contributed by atoms with E-state index in [0.29, 0.717) is 6.10 Å². The summed E-state index contributed by atoms with van der Waals surface area (Å²) in [5.41, 5.74) is 0. The lowest BCUT2D eigenvalue weighted by atomic mass is 10.1. The van der Waals surface area contributed by atoms with Gasteiger partial charge in [-0.1, -0.05) is 0 Å². The number of hydrogen-bond donors (Lipinski definition) is 1. The van der Waals surface area contributed by atoms with E-state index in [1.54, 1.807) is 0 Å². The van der Waals surface area contributed by atoms with E-state index in [2.05, 4.69) is 18.7 Å². The molecule has 0 aliphatic carbocycles. The summed E-state index contributed by atoms with van der Waals surface area (Å²) in [6, 6.07) is 0. The second-order valence-corrected chi connectivity index (χ2v) is 4.37. The lowest BCUT2D eigenvalue weighted by molar-refractivity contribution is 0.0480. The topological polar surface area (TPSA) is 32.7 Å². The van der Waals surface area contributed by atoms with Crippen LogP contribution >= 0.6 is 0 Å². The molecule has 1 atom stereocenters. The van der Waals surface area contributed by atoms with Crippen molar-refractivity contribution in [2.75, 3.05) is 26.2 Å². The summed E-state index contributed by atoms with van der Waals surface area (Å²) < 4.78 is 5.47. The molecule has 84 valence electrons. The highest BCUT2D eigenvalue weighted by molar-refractivity contribution is 4.71. The predicted octanol–water partition coefficient (Wildman–Crippen LogP) is 1.26. The fourth-order valence-corrected chi connectivity index (χ4v) is 1.84. The van der Waals surface area contributed by atoms with Gasteiger partial charge in [0.25, 0.3) is 0 Å². The molecule has 0 aromatic heterocycles. The Kier molecular flexibility index (Phi) is 5.45. The zero-order valence-electron chi connectivity index (χ0n) is 9.41. The Bertz CT molecular complexity index is 150. The second kappa shape index (κ2) is 6.38. The summed E-state index contributed by atoms with van der Waals surface area (Å²) in [6.07, 6.45) is 3.41. The highest BCUT2D eigenvalue weighted by atomic mass is 16.5. The third-order valence-corrected chi connectivity index (χ3v) is 2.55. The number of β-amino-alcohol motifs (C(OH)–C–C–N with tert-alkyl or cyclic N) is 1. The summed E-state index contributed by atoms with van der Waals surface area (Å²) in [5, 5.41) is 9.45. The van der Waals surface area contributed by atoms with E-state index >= 15 is 0 Å². The summed E-state index contributed by atoms with van der Waals surface area (Å²) >= 11 is 0. The molecule has 0 unspecified atom stereocenters. The average Bonchev–Trinajstić information content (AvgIpc) is 2.12. The highest BCUT2D eigenvalue weighted by Gasteiger charge is 2.16. The Hall–Kier alpha value is -0.120. The van der Waals surface area contributed by atoms with Gasteiger partial charge < -0.3 is 14.7 Å². The molecular formula is C11H23NO2. The minimum absolute atomic E-state index is 0.102. The Morgan fingerprint density at radius 3 is 2.93 bits per heavy atom. The number of nitrogens with zero attached hydrogens (tertiary/aromatic N) is 1. The molecule has 3 nitrogen and oxygen atoms in total. The predicted molar refractivity (Wildman–Crippen MR) is 57.4 cm³/mol. The van der Waals surface area contributed by atoms with Gasteiger partial charge in [-0.3, -0.25) is 0 Å². The number of ether oxygens (including phenoxy) is 1. The van der Waals surface area contributed by atoms with Crippen LogP contribution in [0.15, 0.2) is 0 Å². The summed E-state index contributed by atoms with van der Waals surface area (Å²) in [6.45, 7) is 8.00. The maximum absolute atomic E-state index is 9.45. The number of piperidine rings is 1. The van der Waals surface area contributed by atoms with Gasteiger partial charge in [0, 0.05) is 19.7 Å². The number of aliphatic hydroxyl groups is 1. The van der Waals surface area contributed by atoms with Crippen LogP contribution in [-0.4, -0.2) is 48.5 Å². The molecule has 1 rings (SSSR count). The van der Waals surface area contributed by atoms with Gasteiger partial charge in [0.15, 0.2) is 0 Å². The molecule has 0 saturated carbocycles. The summed E-state index contributed by atoms with van der Waals surface area (Å²) in [7, 11) is 0. The normalized spacial score (nSPS) is 24.4. The molecule has 1 N–H and O–H groups in total. The van der Waals surface area contributed by atoms with Crippen molar-refractivity contribution >= 4 is 0 Å². The summed E-state index contributed by atoms with van der Waals surface area (Å²) in [4.78, 5) is 2.33. The van der Waals surface area contributed by atoms with Crippen molar-refractivity contribution in [3.8, 4) is 0 Å². The third kappa shape index (κ3) is 4.94. The van der Waals surface area contributed by atoms with Crippen LogP contribution in [0.25, 0.3) is 0 Å². The van der Waals surface area contributed by atoms with Gasteiger partial charge in [-0.2, -0.15) is 0 Å². The van der Waals surface area contributed by atoms with E-state index in [9.17, 15) is 5.11 Å². The molecule has 1 saturated heterocycles. The van der Waals surface area contributed by atoms with Crippen LogP contribution in [0.3, 0.4) is 0 Å². The van der Waals surface area contributed by atoms with Crippen molar-refractivity contribution in [3.63, 3.8) is 0 Å². The first-order valence-electron chi connectivity index (χ1n) is 5.70. The maximum Gasteiger partial charge on any atom is 0.0667 e. The van der Waals surface area contributed by atoms with Crippen molar-refractivity contribution in [3.05, 3.63) is 0 Å². The Morgan fingerprint density at radius 2 is 2.29 bits per heavy atom. The highest BCUT2D eigenvalue weighted by Crippen LogP contribution is 2.09. The minimum atomic E-state index is -0.102. The molecule has 0 spiro atoms. The van der Waals surface area contributed by atoms with E-state index in [0.717, 1.165) is 45.5 Å². The van der Waals surface area contributed by atoms with Crippen molar-refractivity contribution in [2.45, 2.75) is 45.3 Å². The fourth-order valence-electron chi connectivity index (χ4n) is 1.84. The molecular weight excluding hydrogens is 178 g/mol. The number of likely N-dealkylation sites (tertiary alicyclic amines) is 1. The molecule has 0 radical (unpaired) electrons. The van der Waals surface area contributed by atoms with Crippen LogP contribution in [0.4, 0.5) is 0 Å². The lowest BCUT2D eigenvalue weighted by Crippen LogP contribution is -2.39. The van der Waals surface area contributed by atoms with E-state index in [1.165, 1.54) is 0 Å². The second-order valence-electron chi connectivity index (χ2n) is 4.37. The SMILES string of the molecule is CC(C)OCCCN1CCC[C@@H](O)C1. The van der Waals surface area contributed by atoms with Crippen LogP contribution in [0.2, 0.25) is 0 Å². The zero-order chi connectivity index (χ0) is 10.4. The van der Waals surface area contributed by atoms with Crippen LogP contribution in [0.1, 0.15) is 33.1 Å². The molecule has 0 amide bonds. The first-order chi connectivity index (χ1) is 6.68. The molecule has 1 aliphatic rings. The van der Waals surface area contributed by atoms with Crippen molar-refractivity contribution in [2.24, 2.45) is 0 Å². The van der Waals surface area contributed by atoms with Gasteiger partial charge in [-0.05, 0) is 39.7 Å². The molecule has 1 heterocycles. The van der Waals surface area contributed by atoms with Crippen LogP contribution in [0.5, 0.6) is 0 Å². The fraction of sp³-hybridized carbons (Fsp3) is 1.00. The molecule has 0 aromatic carbocycles. The molecule has 0 bridgehead atoms. The number of aliphatic hydroxyl groups excluding tert-OH is 1. The van der Waals surface area contributed by atoms with E-state index in [1.807, 2.05) is 0 Å². The monoisotopic (exact) mass is 201 g/mol. The van der Waals surface area contributed by atoms with Crippen molar-refractivity contribution < 1.29 is 9.84 Å². The first kappa shape index (κ1) is 12.0. The lowest BCUT2D eigenvalue weighted by Gasteiger charge is -2.29. The van der Waals surface area contributed by atoms with E-state index < -0.39 is 0 Å². The van der Waals surface area contributed by atoms with Gasteiger partial charge >= 0.3 is 0 Å². The third-order valence-electron chi connectivity index (χ3n) is 2.55. The number of hydrogen-bond acceptors (Lipinski definition) is 3. The van der Waals surface area contributed by atoms with Gasteiger partial charge in [0.05, 0.1) is 12.2 Å². The van der Waals surface area contributed by atoms with Crippen LogP contribution < -0.4 is 0 Å². The van der Waals surface area contributed by atoms with Gasteiger partial charge in [-0.25, -0.2) is 0 Å². The minimum Gasteiger partial charge on any atom is -0.392 e. The van der Waals surface area contributed by atoms with Gasteiger partial charge in [-0.15, -0.1) is 0 Å². The smallest absolute Gasteiger partial charge is 0.0667 e. The van der Waals surface area contributed by atoms with Crippen molar-refractivity contribution in [1.82, 2.24) is 4.90 Å². The maximum atomic E-state index is 9.45. The Balaban J connectivity index is 2.00. The molecule has 0 aromatic rings. The van der Waals surface area contributed by atoms with Crippen LogP contribution in [-0.2, 0) is 4.74 Å². The quantitative estimate of drug-likeness (QED) is 0.680. The van der Waals surface area contributed by atoms with Crippen molar-refractivity contribution in [1.29, 1.82) is 0 Å². The molecule has 14 heavy (non-hydrogen) atoms. The van der Waals surface area contributed by atoms with Gasteiger partial charge in [0.1, 0.15) is 0 Å². The zero-order valence-corrected chi connectivity index (χ0v) is 9.41. The van der Waals surface area contributed by atoms with E-state index in [4.69, 9.17) is 4.74 Å². The van der Waals surface area contributed by atoms with Gasteiger partial charge in [0.2, 0.25) is 0 Å². The largest absolute Gasteiger partial charge is 0.392 e. The summed E-state index contributed by atoms with van der Waals surface area (Å²) in [5.74, 6) is 0. The molecule has 3 heteroatoms. The molecule has 1 fully saturated rings. The molecule has 1 aliphatic heterocycles. The Labute approximate surface area is 87.1 Å². The Morgan fingerprint density at radius 1 is 1.50 bits per heavy atom. The average molecular weight is 201 g/mol. The first-order valence-corrected chi connectivity index (χ1v) is 5.70. The van der Waals surface area contributed by atoms with E-state index in [-0.39, 0.29) is 6.10 Å². The van der Waals surface area contributed by atoms with Crippen LogP contribution in [0, 0.1) is 0 Å². The standard InChI is InChI=1S/C11H23NO2/c1-10(2)14-8-4-7-12-6-3-5-11(13)9-12/h10-11,13H,3-9H2,1-2H3/t11-/m1/s1. The number of rotatable bonds is 5.